The summed E-state index contributed by atoms with van der Waals surface area (Å²) in [7, 11) is 0. The van der Waals surface area contributed by atoms with Gasteiger partial charge in [0.2, 0.25) is 5.91 Å². The first-order valence-electron chi connectivity index (χ1n) is 10.7. The fourth-order valence-corrected chi connectivity index (χ4v) is 2.76. The Morgan fingerprint density at radius 1 is 0.906 bits per heavy atom. The van der Waals surface area contributed by atoms with Gasteiger partial charge in [-0.15, -0.1) is 0 Å². The Balaban J connectivity index is 1.55. The number of rotatable bonds is 12. The second-order valence-corrected chi connectivity index (χ2v) is 6.99. The summed E-state index contributed by atoms with van der Waals surface area (Å²) >= 11 is 0. The van der Waals surface area contributed by atoms with Gasteiger partial charge >= 0.3 is 6.16 Å². The molecule has 8 heteroatoms. The molecule has 0 bridgehead atoms. The molecule has 2 rings (SSSR count). The van der Waals surface area contributed by atoms with E-state index in [0.29, 0.717) is 50.3 Å². The van der Waals surface area contributed by atoms with Crippen LogP contribution < -0.4 is 20.1 Å². The maximum atomic E-state index is 12.1. The highest BCUT2D eigenvalue weighted by Crippen LogP contribution is 2.16. The Labute approximate surface area is 188 Å². The first-order chi connectivity index (χ1) is 15.5. The summed E-state index contributed by atoms with van der Waals surface area (Å²) in [6.07, 6.45) is 0.845. The van der Waals surface area contributed by atoms with Crippen LogP contribution in [0.25, 0.3) is 0 Å². The van der Waals surface area contributed by atoms with E-state index < -0.39 is 6.16 Å². The molecule has 0 unspecified atom stereocenters. The Morgan fingerprint density at radius 3 is 2.34 bits per heavy atom. The summed E-state index contributed by atoms with van der Waals surface area (Å²) in [6, 6.07) is 13.9. The molecule has 32 heavy (non-hydrogen) atoms. The van der Waals surface area contributed by atoms with Crippen LogP contribution in [-0.4, -0.2) is 44.3 Å². The highest BCUT2D eigenvalue weighted by Gasteiger charge is 2.08. The molecule has 0 aliphatic carbocycles. The second kappa shape index (κ2) is 13.7. The van der Waals surface area contributed by atoms with Gasteiger partial charge in [0.25, 0.3) is 5.91 Å². The number of nitrogens with one attached hydrogen (secondary N) is 2. The highest BCUT2D eigenvalue weighted by molar-refractivity contribution is 5.94. The van der Waals surface area contributed by atoms with Gasteiger partial charge in [0.1, 0.15) is 11.5 Å². The molecule has 8 nitrogen and oxygen atoms in total. The summed E-state index contributed by atoms with van der Waals surface area (Å²) in [5.41, 5.74) is 1.51. The number of hydrogen-bond acceptors (Lipinski definition) is 6. The minimum absolute atomic E-state index is 0.0399. The highest BCUT2D eigenvalue weighted by atomic mass is 16.7. The lowest BCUT2D eigenvalue weighted by atomic mass is 10.2. The average Bonchev–Trinajstić information content (AvgIpc) is 2.78. The molecule has 0 aromatic heterocycles. The number of amides is 2. The Morgan fingerprint density at radius 2 is 1.62 bits per heavy atom. The standard InChI is InChI=1S/C24H30N2O6/c1-3-30-24(29)32-20-13-11-19(12-14-20)23(28)26-16-7-15-25-22(27)10-6-17-31-21-9-5-4-8-18(21)2/h4-5,8-9,11-14H,3,6-7,10,15-17H2,1-2H3,(H,25,27)(H,26,28). The van der Waals surface area contributed by atoms with Crippen LogP contribution in [0.3, 0.4) is 0 Å². The third kappa shape index (κ3) is 9.07. The van der Waals surface area contributed by atoms with Crippen LogP contribution >= 0.6 is 0 Å². The minimum atomic E-state index is -0.787. The number of hydrogen-bond donors (Lipinski definition) is 2. The van der Waals surface area contributed by atoms with Crippen molar-refractivity contribution in [3.63, 3.8) is 0 Å². The van der Waals surface area contributed by atoms with Crippen molar-refractivity contribution in [3.8, 4) is 11.5 Å². The largest absolute Gasteiger partial charge is 0.513 e. The summed E-state index contributed by atoms with van der Waals surface area (Å²) in [4.78, 5) is 35.3. The van der Waals surface area contributed by atoms with Gasteiger partial charge in [0.15, 0.2) is 0 Å². The second-order valence-electron chi connectivity index (χ2n) is 6.99. The van der Waals surface area contributed by atoms with E-state index in [0.717, 1.165) is 11.3 Å². The van der Waals surface area contributed by atoms with Gasteiger partial charge in [0.05, 0.1) is 13.2 Å². The molecule has 0 saturated heterocycles. The molecule has 172 valence electrons. The third-order valence-electron chi connectivity index (χ3n) is 4.44. The van der Waals surface area contributed by atoms with Crippen molar-refractivity contribution in [2.75, 3.05) is 26.3 Å². The van der Waals surface area contributed by atoms with Crippen molar-refractivity contribution in [2.45, 2.75) is 33.1 Å². The van der Waals surface area contributed by atoms with E-state index in [1.165, 1.54) is 12.1 Å². The lowest BCUT2D eigenvalue weighted by molar-refractivity contribution is -0.121. The van der Waals surface area contributed by atoms with Crippen LogP contribution in [-0.2, 0) is 9.53 Å². The fourth-order valence-electron chi connectivity index (χ4n) is 2.76. The zero-order valence-corrected chi connectivity index (χ0v) is 18.5. The van der Waals surface area contributed by atoms with Crippen molar-refractivity contribution >= 4 is 18.0 Å². The van der Waals surface area contributed by atoms with Crippen LogP contribution in [0.2, 0.25) is 0 Å². The average molecular weight is 443 g/mol. The number of aryl methyl sites for hydroxylation is 1. The molecule has 0 saturated carbocycles. The molecule has 2 N–H and O–H groups in total. The van der Waals surface area contributed by atoms with E-state index in [1.54, 1.807) is 19.1 Å². The summed E-state index contributed by atoms with van der Waals surface area (Å²) in [5, 5.41) is 5.62. The lowest BCUT2D eigenvalue weighted by Crippen LogP contribution is -2.30. The van der Waals surface area contributed by atoms with E-state index >= 15 is 0 Å². The van der Waals surface area contributed by atoms with Gasteiger partial charge in [-0.3, -0.25) is 9.59 Å². The predicted molar refractivity (Wildman–Crippen MR) is 120 cm³/mol. The Bertz CT molecular complexity index is 882. The fraction of sp³-hybridized carbons (Fsp3) is 0.375. The van der Waals surface area contributed by atoms with Crippen LogP contribution in [0.4, 0.5) is 4.79 Å². The molecular weight excluding hydrogens is 412 g/mol. The molecule has 2 amide bonds. The Kier molecular flexibility index (Phi) is 10.6. The monoisotopic (exact) mass is 442 g/mol. The van der Waals surface area contributed by atoms with Gasteiger partial charge in [-0.05, 0) is 62.6 Å². The number of carbonyl (C=O) groups is 3. The summed E-state index contributed by atoms with van der Waals surface area (Å²) < 4.78 is 15.3. The molecule has 0 radical (unpaired) electrons. The van der Waals surface area contributed by atoms with Gasteiger partial charge in [-0.1, -0.05) is 18.2 Å². The molecule has 2 aromatic rings. The van der Waals surface area contributed by atoms with Crippen molar-refractivity contribution < 1.29 is 28.6 Å². The Hall–Kier alpha value is -3.55. The first-order valence-corrected chi connectivity index (χ1v) is 10.7. The van der Waals surface area contributed by atoms with Gasteiger partial charge in [0, 0.05) is 25.1 Å². The summed E-state index contributed by atoms with van der Waals surface area (Å²) in [6.45, 7) is 5.28. The smallest absolute Gasteiger partial charge is 0.493 e. The van der Waals surface area contributed by atoms with Crippen LogP contribution in [0.1, 0.15) is 42.1 Å². The molecule has 2 aromatic carbocycles. The molecule has 0 aliphatic rings. The number of para-hydroxylation sites is 1. The zero-order chi connectivity index (χ0) is 23.2. The lowest BCUT2D eigenvalue weighted by Gasteiger charge is -2.09. The van der Waals surface area contributed by atoms with Gasteiger partial charge in [-0.25, -0.2) is 4.79 Å². The van der Waals surface area contributed by atoms with Gasteiger partial charge in [-0.2, -0.15) is 0 Å². The minimum Gasteiger partial charge on any atom is -0.493 e. The van der Waals surface area contributed by atoms with Gasteiger partial charge < -0.3 is 24.8 Å². The molecule has 0 aliphatic heterocycles. The quantitative estimate of drug-likeness (QED) is 0.296. The van der Waals surface area contributed by atoms with Crippen molar-refractivity contribution in [2.24, 2.45) is 0 Å². The first kappa shape index (κ1) is 24.7. The number of benzene rings is 2. The third-order valence-corrected chi connectivity index (χ3v) is 4.44. The predicted octanol–water partition coefficient (Wildman–Crippen LogP) is 3.63. The normalized spacial score (nSPS) is 10.2. The molecule has 0 heterocycles. The molecule has 0 atom stereocenters. The molecule has 0 fully saturated rings. The van der Waals surface area contributed by atoms with E-state index in [2.05, 4.69) is 15.4 Å². The zero-order valence-electron chi connectivity index (χ0n) is 18.5. The van der Waals surface area contributed by atoms with E-state index in [4.69, 9.17) is 9.47 Å². The maximum absolute atomic E-state index is 12.1. The number of carbonyl (C=O) groups excluding carboxylic acids is 3. The maximum Gasteiger partial charge on any atom is 0.513 e. The van der Waals surface area contributed by atoms with E-state index in [-0.39, 0.29) is 18.4 Å². The van der Waals surface area contributed by atoms with E-state index in [1.807, 2.05) is 31.2 Å². The van der Waals surface area contributed by atoms with Crippen LogP contribution in [0, 0.1) is 6.92 Å². The van der Waals surface area contributed by atoms with E-state index in [9.17, 15) is 14.4 Å². The van der Waals surface area contributed by atoms with Crippen LogP contribution in [0.15, 0.2) is 48.5 Å². The van der Waals surface area contributed by atoms with Crippen molar-refractivity contribution in [1.82, 2.24) is 10.6 Å². The number of ether oxygens (including phenoxy) is 3. The SMILES string of the molecule is CCOC(=O)Oc1ccc(C(=O)NCCCNC(=O)CCCOc2ccccc2C)cc1. The molecule has 0 spiro atoms. The van der Waals surface area contributed by atoms with Crippen molar-refractivity contribution in [1.29, 1.82) is 0 Å². The van der Waals surface area contributed by atoms with Crippen LogP contribution in [0.5, 0.6) is 11.5 Å². The molecular formula is C24H30N2O6. The summed E-state index contributed by atoms with van der Waals surface area (Å²) in [5.74, 6) is 0.853. The topological polar surface area (TPSA) is 103 Å². The van der Waals surface area contributed by atoms with Crippen molar-refractivity contribution in [3.05, 3.63) is 59.7 Å².